The van der Waals surface area contributed by atoms with Crippen LogP contribution in [0.1, 0.15) is 28.1 Å². The first kappa shape index (κ1) is 18.5. The second-order valence-corrected chi connectivity index (χ2v) is 7.25. The van der Waals surface area contributed by atoms with Gasteiger partial charge in [-0.15, -0.1) is 0 Å². The van der Waals surface area contributed by atoms with Gasteiger partial charge in [-0.05, 0) is 22.8 Å². The number of rotatable bonds is 5. The Morgan fingerprint density at radius 3 is 1.57 bits per heavy atom. The second-order valence-electron chi connectivity index (χ2n) is 6.49. The number of hydrogen-bond acceptors (Lipinski definition) is 2. The lowest BCUT2D eigenvalue weighted by Gasteiger charge is -2.36. The molecule has 3 nitrogen and oxygen atoms in total. The van der Waals surface area contributed by atoms with Gasteiger partial charge in [0.2, 0.25) is 0 Å². The summed E-state index contributed by atoms with van der Waals surface area (Å²) in [6, 6.07) is 35.1. The van der Waals surface area contributed by atoms with Crippen LogP contribution in [0, 0.1) is 11.3 Å². The molecule has 4 rings (SSSR count). The number of hydrogen-bond donors (Lipinski definition) is 0. The van der Waals surface area contributed by atoms with E-state index in [1.807, 2.05) is 65.3 Å². The Labute approximate surface area is 178 Å². The lowest BCUT2D eigenvalue weighted by Crippen LogP contribution is -2.39. The van der Waals surface area contributed by atoms with Gasteiger partial charge >= 0.3 is 0 Å². The van der Waals surface area contributed by atoms with Gasteiger partial charge < -0.3 is 0 Å². The Morgan fingerprint density at radius 1 is 0.786 bits per heavy atom. The van der Waals surface area contributed by atoms with Crippen LogP contribution in [0.3, 0.4) is 0 Å². The van der Waals surface area contributed by atoms with E-state index in [4.69, 9.17) is 5.10 Å². The number of aromatic nitrogens is 2. The molecule has 3 aromatic carbocycles. The molecule has 28 heavy (non-hydrogen) atoms. The van der Waals surface area contributed by atoms with Crippen molar-refractivity contribution in [1.82, 2.24) is 9.78 Å². The van der Waals surface area contributed by atoms with Crippen LogP contribution in [-0.4, -0.2) is 9.78 Å². The van der Waals surface area contributed by atoms with Gasteiger partial charge in [-0.2, -0.15) is 10.4 Å². The zero-order valence-electron chi connectivity index (χ0n) is 15.2. The number of benzene rings is 3. The van der Waals surface area contributed by atoms with Crippen LogP contribution >= 0.6 is 22.6 Å². The molecule has 0 unspecified atom stereocenters. The summed E-state index contributed by atoms with van der Waals surface area (Å²) in [5.41, 5.74) is 3.89. The van der Waals surface area contributed by atoms with Crippen LogP contribution in [0.2, 0.25) is 0 Å². The first-order chi connectivity index (χ1) is 13.8. The van der Waals surface area contributed by atoms with Gasteiger partial charge in [-0.3, -0.25) is 0 Å². The van der Waals surface area contributed by atoms with Gasteiger partial charge in [0, 0.05) is 4.43 Å². The highest BCUT2D eigenvalue weighted by molar-refractivity contribution is 14.1. The third-order valence-corrected chi connectivity index (χ3v) is 5.69. The number of nitriles is 1. The van der Waals surface area contributed by atoms with Crippen LogP contribution in [0.5, 0.6) is 0 Å². The monoisotopic (exact) mass is 475 g/mol. The third kappa shape index (κ3) is 3.02. The summed E-state index contributed by atoms with van der Waals surface area (Å²) in [6.45, 7) is 0. The summed E-state index contributed by atoms with van der Waals surface area (Å²) < 4.78 is 2.63. The molecule has 0 aliphatic carbocycles. The molecule has 4 heteroatoms. The number of halogens is 1. The molecule has 1 heterocycles. The smallest absolute Gasteiger partial charge is 0.140 e. The Balaban J connectivity index is 2.17. The average molecular weight is 475 g/mol. The fourth-order valence-corrected chi connectivity index (χ4v) is 4.11. The van der Waals surface area contributed by atoms with E-state index in [1.165, 1.54) is 0 Å². The summed E-state index contributed by atoms with van der Waals surface area (Å²) in [6.07, 6.45) is 0. The Morgan fingerprint density at radius 2 is 1.21 bits per heavy atom. The largest absolute Gasteiger partial charge is 0.235 e. The summed E-state index contributed by atoms with van der Waals surface area (Å²) in [5, 5.41) is 14.8. The van der Waals surface area contributed by atoms with Crippen molar-refractivity contribution in [2.24, 2.45) is 0 Å². The lowest BCUT2D eigenvalue weighted by molar-refractivity contribution is 0.453. The molecule has 0 fully saturated rings. The van der Waals surface area contributed by atoms with E-state index < -0.39 is 5.54 Å². The second kappa shape index (κ2) is 7.99. The van der Waals surface area contributed by atoms with Crippen molar-refractivity contribution in [2.75, 3.05) is 0 Å². The zero-order valence-corrected chi connectivity index (χ0v) is 17.3. The molecule has 0 N–H and O–H groups in total. The fourth-order valence-electron chi connectivity index (χ4n) is 3.74. The van der Waals surface area contributed by atoms with Crippen molar-refractivity contribution in [3.63, 3.8) is 0 Å². The maximum atomic E-state index is 9.92. The summed E-state index contributed by atoms with van der Waals surface area (Å²) in [7, 11) is 0. The van der Waals surface area contributed by atoms with Gasteiger partial charge in [0.25, 0.3) is 0 Å². The number of nitrogens with zero attached hydrogens (tertiary/aromatic N) is 3. The molecule has 0 spiro atoms. The van der Waals surface area contributed by atoms with Gasteiger partial charge in [-0.1, -0.05) is 114 Å². The first-order valence-corrected chi connectivity index (χ1v) is 10.6. The van der Waals surface area contributed by atoms with Crippen LogP contribution in [0.15, 0.2) is 97.1 Å². The fraction of sp³-hybridized carbons (Fsp3) is 0.0833. The molecular formula is C24H18IN3. The van der Waals surface area contributed by atoms with E-state index in [9.17, 15) is 5.26 Å². The quantitative estimate of drug-likeness (QED) is 0.216. The molecule has 136 valence electrons. The Hall–Kier alpha value is -2.91. The van der Waals surface area contributed by atoms with Crippen molar-refractivity contribution in [1.29, 1.82) is 5.26 Å². The molecule has 0 saturated heterocycles. The highest BCUT2D eigenvalue weighted by atomic mass is 127. The van der Waals surface area contributed by atoms with Crippen LogP contribution < -0.4 is 0 Å². The molecule has 0 aliphatic rings. The van der Waals surface area contributed by atoms with Gasteiger partial charge in [0.05, 0.1) is 5.69 Å². The van der Waals surface area contributed by atoms with Crippen molar-refractivity contribution >= 4 is 22.6 Å². The van der Waals surface area contributed by atoms with Crippen molar-refractivity contribution in [3.8, 4) is 6.07 Å². The molecule has 0 radical (unpaired) electrons. The first-order valence-electron chi connectivity index (χ1n) is 9.02. The molecule has 1 aromatic heterocycles. The summed E-state index contributed by atoms with van der Waals surface area (Å²) >= 11 is 2.29. The van der Waals surface area contributed by atoms with Crippen molar-refractivity contribution in [2.45, 2.75) is 9.97 Å². The van der Waals surface area contributed by atoms with Crippen molar-refractivity contribution < 1.29 is 0 Å². The molecule has 0 amide bonds. The molecule has 0 saturated carbocycles. The van der Waals surface area contributed by atoms with Gasteiger partial charge in [0.1, 0.15) is 17.3 Å². The standard InChI is InChI=1S/C24H18IN3/c25-17-22-16-23(18-26)28(27-22)24(19-10-4-1-5-11-19,20-12-6-2-7-13-20)21-14-8-3-9-15-21/h1-16H,17H2. The predicted octanol–water partition coefficient (Wildman–Crippen LogP) is 5.53. The maximum absolute atomic E-state index is 9.92. The minimum absolute atomic E-state index is 0.545. The zero-order chi connectivity index (χ0) is 19.4. The van der Waals surface area contributed by atoms with E-state index in [0.29, 0.717) is 5.69 Å². The SMILES string of the molecule is N#Cc1cc(CI)nn1C(c1ccccc1)(c1ccccc1)c1ccccc1. The minimum Gasteiger partial charge on any atom is -0.235 e. The molecular weight excluding hydrogens is 457 g/mol. The lowest BCUT2D eigenvalue weighted by atomic mass is 9.77. The van der Waals surface area contributed by atoms with E-state index in [1.54, 1.807) is 0 Å². The Kier molecular flexibility index (Phi) is 5.27. The van der Waals surface area contributed by atoms with E-state index in [-0.39, 0.29) is 0 Å². The normalized spacial score (nSPS) is 11.1. The van der Waals surface area contributed by atoms with E-state index in [0.717, 1.165) is 26.8 Å². The van der Waals surface area contributed by atoms with E-state index >= 15 is 0 Å². The predicted molar refractivity (Wildman–Crippen MR) is 119 cm³/mol. The minimum atomic E-state index is -0.737. The van der Waals surface area contributed by atoms with Gasteiger partial charge in [0.15, 0.2) is 0 Å². The van der Waals surface area contributed by atoms with E-state index in [2.05, 4.69) is 65.1 Å². The molecule has 0 aliphatic heterocycles. The van der Waals surface area contributed by atoms with Crippen LogP contribution in [0.4, 0.5) is 0 Å². The molecule has 0 bridgehead atoms. The average Bonchev–Trinajstić information content (AvgIpc) is 3.20. The highest BCUT2D eigenvalue weighted by Crippen LogP contribution is 2.41. The molecule has 0 atom stereocenters. The third-order valence-electron chi connectivity index (χ3n) is 4.90. The topological polar surface area (TPSA) is 41.6 Å². The van der Waals surface area contributed by atoms with Gasteiger partial charge in [-0.25, -0.2) is 4.68 Å². The summed E-state index contributed by atoms with van der Waals surface area (Å²) in [5.74, 6) is 0. The summed E-state index contributed by atoms with van der Waals surface area (Å²) in [4.78, 5) is 0. The van der Waals surface area contributed by atoms with Crippen LogP contribution in [0.25, 0.3) is 0 Å². The van der Waals surface area contributed by atoms with Crippen molar-refractivity contribution in [3.05, 3.63) is 125 Å². The number of alkyl halides is 1. The maximum Gasteiger partial charge on any atom is 0.140 e. The Bertz CT molecular complexity index is 1000. The molecule has 4 aromatic rings. The highest BCUT2D eigenvalue weighted by Gasteiger charge is 2.40. The van der Waals surface area contributed by atoms with Crippen LogP contribution in [-0.2, 0) is 9.97 Å².